The van der Waals surface area contributed by atoms with Gasteiger partial charge in [0.2, 0.25) is 0 Å². The Kier molecular flexibility index (Phi) is 4.42. The highest BCUT2D eigenvalue weighted by molar-refractivity contribution is 4.88. The Bertz CT molecular complexity index is 215. The highest BCUT2D eigenvalue weighted by atomic mass is 15.2. The van der Waals surface area contributed by atoms with E-state index in [9.17, 15) is 0 Å². The van der Waals surface area contributed by atoms with Crippen molar-refractivity contribution in [1.29, 1.82) is 0 Å². The molecule has 1 unspecified atom stereocenters. The van der Waals surface area contributed by atoms with Crippen molar-refractivity contribution in [2.45, 2.75) is 53.5 Å². The lowest BCUT2D eigenvalue weighted by Gasteiger charge is -2.42. The van der Waals surface area contributed by atoms with Gasteiger partial charge >= 0.3 is 0 Å². The fourth-order valence-corrected chi connectivity index (χ4v) is 3.05. The molecule has 1 N–H and O–H groups in total. The molecule has 0 bridgehead atoms. The van der Waals surface area contributed by atoms with Crippen LogP contribution in [-0.4, -0.2) is 36.6 Å². The number of nitrogens with zero attached hydrogens (tertiary/aromatic N) is 1. The third-order valence-electron chi connectivity index (χ3n) is 3.40. The molecule has 0 aromatic heterocycles. The lowest BCUT2D eigenvalue weighted by Crippen LogP contribution is -2.48. The van der Waals surface area contributed by atoms with Crippen molar-refractivity contribution in [1.82, 2.24) is 10.2 Å². The molecule has 1 fully saturated rings. The van der Waals surface area contributed by atoms with E-state index in [4.69, 9.17) is 0 Å². The maximum atomic E-state index is 3.52. The largest absolute Gasteiger partial charge is 0.315 e. The van der Waals surface area contributed by atoms with Gasteiger partial charge < -0.3 is 5.32 Å². The summed E-state index contributed by atoms with van der Waals surface area (Å²) in [5.74, 6) is 0.766. The summed E-state index contributed by atoms with van der Waals surface area (Å²) in [6.45, 7) is 18.9. The lowest BCUT2D eigenvalue weighted by atomic mass is 9.80. The highest BCUT2D eigenvalue weighted by Gasteiger charge is 2.32. The molecular weight excluding hydrogens is 196 g/mol. The maximum absolute atomic E-state index is 3.52. The van der Waals surface area contributed by atoms with E-state index < -0.39 is 0 Å². The molecule has 0 spiro atoms. The van der Waals surface area contributed by atoms with Crippen LogP contribution in [0.1, 0.15) is 48.0 Å². The van der Waals surface area contributed by atoms with E-state index in [1.54, 1.807) is 0 Å². The fourth-order valence-electron chi connectivity index (χ4n) is 3.05. The minimum Gasteiger partial charge on any atom is -0.315 e. The number of rotatable bonds is 2. The first-order valence-electron chi connectivity index (χ1n) is 6.66. The summed E-state index contributed by atoms with van der Waals surface area (Å²) in [4.78, 5) is 2.67. The van der Waals surface area contributed by atoms with Crippen LogP contribution in [-0.2, 0) is 0 Å². The van der Waals surface area contributed by atoms with E-state index in [-0.39, 0.29) is 0 Å². The monoisotopic (exact) mass is 226 g/mol. The summed E-state index contributed by atoms with van der Waals surface area (Å²) >= 11 is 0. The van der Waals surface area contributed by atoms with E-state index in [2.05, 4.69) is 51.8 Å². The Labute approximate surface area is 102 Å². The number of nitrogens with one attached hydrogen (secondary N) is 1. The normalized spacial score (nSPS) is 25.5. The maximum Gasteiger partial charge on any atom is 0.0158 e. The first-order chi connectivity index (χ1) is 7.21. The van der Waals surface area contributed by atoms with Crippen LogP contribution >= 0.6 is 0 Å². The van der Waals surface area contributed by atoms with Crippen LogP contribution in [0.15, 0.2) is 0 Å². The van der Waals surface area contributed by atoms with Crippen molar-refractivity contribution in [2.75, 3.05) is 26.2 Å². The average Bonchev–Trinajstić information content (AvgIpc) is 2.25. The first kappa shape index (κ1) is 14.0. The van der Waals surface area contributed by atoms with Gasteiger partial charge in [0.15, 0.2) is 0 Å². The van der Waals surface area contributed by atoms with E-state index >= 15 is 0 Å². The Morgan fingerprint density at radius 3 is 2.38 bits per heavy atom. The summed E-state index contributed by atoms with van der Waals surface area (Å²) in [5.41, 5.74) is 0.727. The van der Waals surface area contributed by atoms with E-state index in [1.807, 2.05) is 0 Å². The summed E-state index contributed by atoms with van der Waals surface area (Å²) in [7, 11) is 0. The standard InChI is InChI=1S/C14H30N2/c1-12-9-15-7-8-16(10-12)14(5,6)11-13(2,3)4/h12,15H,7-11H2,1-6H3. The number of hydrogen-bond donors (Lipinski definition) is 1. The van der Waals surface area contributed by atoms with Crippen LogP contribution in [0.25, 0.3) is 0 Å². The molecule has 2 nitrogen and oxygen atoms in total. The van der Waals surface area contributed by atoms with Crippen LogP contribution < -0.4 is 5.32 Å². The van der Waals surface area contributed by atoms with Gasteiger partial charge in [0.1, 0.15) is 0 Å². The zero-order valence-electron chi connectivity index (χ0n) is 12.1. The van der Waals surface area contributed by atoms with Gasteiger partial charge in [-0.2, -0.15) is 0 Å². The van der Waals surface area contributed by atoms with Gasteiger partial charge in [-0.15, -0.1) is 0 Å². The predicted octanol–water partition coefficient (Wildman–Crippen LogP) is 2.74. The smallest absolute Gasteiger partial charge is 0.0158 e. The van der Waals surface area contributed by atoms with Gasteiger partial charge in [0.05, 0.1) is 0 Å². The van der Waals surface area contributed by atoms with Crippen LogP contribution in [0.4, 0.5) is 0 Å². The van der Waals surface area contributed by atoms with Crippen molar-refractivity contribution in [3.05, 3.63) is 0 Å². The molecule has 1 aliphatic rings. The highest BCUT2D eigenvalue weighted by Crippen LogP contribution is 2.31. The van der Waals surface area contributed by atoms with E-state index in [0.717, 1.165) is 12.5 Å². The molecular formula is C14H30N2. The zero-order chi connectivity index (χ0) is 12.4. The molecule has 96 valence electrons. The molecule has 0 aromatic carbocycles. The molecule has 16 heavy (non-hydrogen) atoms. The summed E-state index contributed by atoms with van der Waals surface area (Å²) in [6, 6.07) is 0. The lowest BCUT2D eigenvalue weighted by molar-refractivity contribution is 0.0741. The second-order valence-electron chi connectivity index (χ2n) is 7.31. The Balaban J connectivity index is 2.65. The Hall–Kier alpha value is -0.0800. The topological polar surface area (TPSA) is 15.3 Å². The molecule has 0 saturated carbocycles. The molecule has 1 heterocycles. The van der Waals surface area contributed by atoms with Crippen molar-refractivity contribution in [3.63, 3.8) is 0 Å². The number of hydrogen-bond acceptors (Lipinski definition) is 2. The van der Waals surface area contributed by atoms with Crippen LogP contribution in [0.5, 0.6) is 0 Å². The molecule has 1 rings (SSSR count). The second kappa shape index (κ2) is 5.05. The zero-order valence-corrected chi connectivity index (χ0v) is 12.1. The Morgan fingerprint density at radius 1 is 1.19 bits per heavy atom. The summed E-state index contributed by atoms with van der Waals surface area (Å²) in [5, 5.41) is 3.52. The molecule has 0 aliphatic carbocycles. The Morgan fingerprint density at radius 2 is 1.81 bits per heavy atom. The third-order valence-corrected chi connectivity index (χ3v) is 3.40. The van der Waals surface area contributed by atoms with E-state index in [1.165, 1.54) is 26.1 Å². The SMILES string of the molecule is CC1CNCCN(C(C)(C)CC(C)(C)C)C1. The molecule has 1 aliphatic heterocycles. The van der Waals surface area contributed by atoms with Crippen molar-refractivity contribution in [2.24, 2.45) is 11.3 Å². The fraction of sp³-hybridized carbons (Fsp3) is 1.00. The van der Waals surface area contributed by atoms with Crippen LogP contribution in [0.3, 0.4) is 0 Å². The third kappa shape index (κ3) is 4.42. The molecule has 1 atom stereocenters. The van der Waals surface area contributed by atoms with Gasteiger partial charge in [-0.1, -0.05) is 27.7 Å². The summed E-state index contributed by atoms with van der Waals surface area (Å²) in [6.07, 6.45) is 1.26. The predicted molar refractivity (Wildman–Crippen MR) is 71.8 cm³/mol. The molecule has 2 heteroatoms. The van der Waals surface area contributed by atoms with Gasteiger partial charge in [0.25, 0.3) is 0 Å². The minimum atomic E-state index is 0.318. The van der Waals surface area contributed by atoms with Crippen molar-refractivity contribution < 1.29 is 0 Å². The van der Waals surface area contributed by atoms with Gasteiger partial charge in [0, 0.05) is 25.2 Å². The van der Waals surface area contributed by atoms with Crippen molar-refractivity contribution in [3.8, 4) is 0 Å². The quantitative estimate of drug-likeness (QED) is 0.779. The van der Waals surface area contributed by atoms with Gasteiger partial charge in [-0.3, -0.25) is 4.90 Å². The van der Waals surface area contributed by atoms with E-state index in [0.29, 0.717) is 11.0 Å². The molecule has 0 amide bonds. The van der Waals surface area contributed by atoms with Crippen molar-refractivity contribution >= 4 is 0 Å². The van der Waals surface area contributed by atoms with Crippen LogP contribution in [0.2, 0.25) is 0 Å². The molecule has 0 radical (unpaired) electrons. The second-order valence-corrected chi connectivity index (χ2v) is 7.31. The van der Waals surface area contributed by atoms with Gasteiger partial charge in [-0.05, 0) is 38.1 Å². The first-order valence-corrected chi connectivity index (χ1v) is 6.66. The minimum absolute atomic E-state index is 0.318. The molecule has 1 saturated heterocycles. The van der Waals surface area contributed by atoms with Crippen LogP contribution in [0, 0.1) is 11.3 Å². The van der Waals surface area contributed by atoms with Gasteiger partial charge in [-0.25, -0.2) is 0 Å². The average molecular weight is 226 g/mol. The summed E-state index contributed by atoms with van der Waals surface area (Å²) < 4.78 is 0. The molecule has 0 aromatic rings.